The van der Waals surface area contributed by atoms with Crippen molar-refractivity contribution in [2.24, 2.45) is 5.92 Å². The van der Waals surface area contributed by atoms with E-state index in [4.69, 9.17) is 4.42 Å². The molecule has 3 heterocycles. The summed E-state index contributed by atoms with van der Waals surface area (Å²) in [5, 5.41) is 8.41. The van der Waals surface area contributed by atoms with E-state index in [1.165, 1.54) is 40.3 Å². The summed E-state index contributed by atoms with van der Waals surface area (Å²) >= 11 is 4.18. The highest BCUT2D eigenvalue weighted by Gasteiger charge is 2.54. The van der Waals surface area contributed by atoms with Gasteiger partial charge in [-0.2, -0.15) is 0 Å². The predicted molar refractivity (Wildman–Crippen MR) is 112 cm³/mol. The molecule has 0 radical (unpaired) electrons. The lowest BCUT2D eigenvalue weighted by atomic mass is 9.88. The van der Waals surface area contributed by atoms with Crippen LogP contribution in [0.3, 0.4) is 0 Å². The molecule has 1 saturated heterocycles. The summed E-state index contributed by atoms with van der Waals surface area (Å²) in [5.41, 5.74) is 0.674. The molecule has 1 amide bonds. The molecule has 0 saturated carbocycles. The first-order valence-corrected chi connectivity index (χ1v) is 11.8. The zero-order valence-corrected chi connectivity index (χ0v) is 17.8. The second-order valence-electron chi connectivity index (χ2n) is 6.13. The number of aromatic nitrogens is 2. The maximum Gasteiger partial charge on any atom is 0.297 e. The number of carbonyl (C=O) groups is 3. The summed E-state index contributed by atoms with van der Waals surface area (Å²) in [6, 6.07) is 9.70. The fourth-order valence-corrected chi connectivity index (χ4v) is 4.94. The van der Waals surface area contributed by atoms with E-state index in [9.17, 15) is 14.4 Å². The lowest BCUT2D eigenvalue weighted by Crippen LogP contribution is -2.30. The molecule has 3 aromatic rings. The van der Waals surface area contributed by atoms with E-state index in [-0.39, 0.29) is 5.76 Å². The van der Waals surface area contributed by atoms with Crippen molar-refractivity contribution in [3.63, 3.8) is 0 Å². The number of rotatable bonds is 6. The molecule has 0 bridgehead atoms. The summed E-state index contributed by atoms with van der Waals surface area (Å²) < 4.78 is 5.88. The second-order valence-corrected chi connectivity index (χ2v) is 9.02. The Balaban J connectivity index is 1.83. The number of ketones is 2. The van der Waals surface area contributed by atoms with E-state index in [0.717, 1.165) is 4.90 Å². The standard InChI is InChI=1S/C19H15N3O4S3/c1-27-11-7-5-10(6-8-11)14-13(15(23)12-4-3-9-26-12)16(24)17(25)22(14)18-20-21-19(28-2)29-18/h3-9,13-14H,1-2H3. The van der Waals surface area contributed by atoms with E-state index in [2.05, 4.69) is 10.2 Å². The van der Waals surface area contributed by atoms with E-state index in [0.29, 0.717) is 15.0 Å². The summed E-state index contributed by atoms with van der Waals surface area (Å²) in [5.74, 6) is -3.23. The molecular weight excluding hydrogens is 430 g/mol. The minimum absolute atomic E-state index is 0.0470. The molecule has 10 heteroatoms. The highest BCUT2D eigenvalue weighted by Crippen LogP contribution is 2.43. The van der Waals surface area contributed by atoms with Crippen molar-refractivity contribution in [1.82, 2.24) is 10.2 Å². The Hall–Kier alpha value is -2.43. The van der Waals surface area contributed by atoms with Gasteiger partial charge in [0.15, 0.2) is 10.1 Å². The molecular formula is C19H15N3O4S3. The van der Waals surface area contributed by atoms with Gasteiger partial charge in [-0.1, -0.05) is 35.2 Å². The van der Waals surface area contributed by atoms with Gasteiger partial charge in [0.2, 0.25) is 16.7 Å². The number of carbonyl (C=O) groups excluding carboxylic acids is 3. The number of furan rings is 1. The van der Waals surface area contributed by atoms with Crippen LogP contribution in [0.2, 0.25) is 0 Å². The lowest BCUT2D eigenvalue weighted by molar-refractivity contribution is -0.135. The van der Waals surface area contributed by atoms with Gasteiger partial charge in [0.05, 0.1) is 12.3 Å². The normalized spacial score (nSPS) is 19.2. The molecule has 2 unspecified atom stereocenters. The first kappa shape index (κ1) is 19.9. The smallest absolute Gasteiger partial charge is 0.297 e. The Morgan fingerprint density at radius 3 is 2.45 bits per heavy atom. The van der Waals surface area contributed by atoms with Crippen LogP contribution in [-0.2, 0) is 9.59 Å². The summed E-state index contributed by atoms with van der Waals surface area (Å²) in [6.07, 6.45) is 5.17. The summed E-state index contributed by atoms with van der Waals surface area (Å²) in [6.45, 7) is 0. The molecule has 0 spiro atoms. The van der Waals surface area contributed by atoms with Gasteiger partial charge in [-0.05, 0) is 42.3 Å². The minimum Gasteiger partial charge on any atom is -0.461 e. The molecule has 0 N–H and O–H groups in total. The molecule has 1 fully saturated rings. The van der Waals surface area contributed by atoms with Gasteiger partial charge in [0, 0.05) is 4.90 Å². The van der Waals surface area contributed by atoms with Gasteiger partial charge in [0.1, 0.15) is 5.92 Å². The van der Waals surface area contributed by atoms with Crippen LogP contribution < -0.4 is 4.90 Å². The first-order chi connectivity index (χ1) is 14.0. The van der Waals surface area contributed by atoms with Gasteiger partial charge >= 0.3 is 0 Å². The van der Waals surface area contributed by atoms with E-state index < -0.39 is 29.4 Å². The van der Waals surface area contributed by atoms with Gasteiger partial charge in [0.25, 0.3) is 5.91 Å². The van der Waals surface area contributed by atoms with Gasteiger partial charge in [-0.15, -0.1) is 22.0 Å². The molecule has 4 rings (SSSR count). The Labute approximate surface area is 178 Å². The zero-order valence-electron chi connectivity index (χ0n) is 15.4. The molecule has 29 heavy (non-hydrogen) atoms. The molecule has 1 aliphatic rings. The van der Waals surface area contributed by atoms with E-state index >= 15 is 0 Å². The maximum absolute atomic E-state index is 13.1. The average Bonchev–Trinajstić information content (AvgIpc) is 3.48. The second kappa shape index (κ2) is 8.13. The third-order valence-electron chi connectivity index (χ3n) is 4.59. The fourth-order valence-electron chi connectivity index (χ4n) is 3.24. The van der Waals surface area contributed by atoms with Crippen LogP contribution in [0.5, 0.6) is 0 Å². The predicted octanol–water partition coefficient (Wildman–Crippen LogP) is 3.73. The van der Waals surface area contributed by atoms with Crippen LogP contribution in [-0.4, -0.2) is 40.2 Å². The number of Topliss-reactive ketones (excluding diaryl/α,β-unsaturated/α-hetero) is 2. The number of nitrogens with zero attached hydrogens (tertiary/aromatic N) is 3. The monoisotopic (exact) mass is 445 g/mol. The summed E-state index contributed by atoms with van der Waals surface area (Å²) in [4.78, 5) is 41.2. The largest absolute Gasteiger partial charge is 0.461 e. The van der Waals surface area contributed by atoms with Gasteiger partial charge < -0.3 is 4.42 Å². The van der Waals surface area contributed by atoms with Crippen molar-refractivity contribution in [2.75, 3.05) is 17.4 Å². The zero-order chi connectivity index (χ0) is 20.5. The van der Waals surface area contributed by atoms with Crippen molar-refractivity contribution in [3.8, 4) is 0 Å². The molecule has 7 nitrogen and oxygen atoms in total. The van der Waals surface area contributed by atoms with Gasteiger partial charge in [-0.3, -0.25) is 19.3 Å². The van der Waals surface area contributed by atoms with E-state index in [1.807, 2.05) is 36.8 Å². The maximum atomic E-state index is 13.1. The molecule has 1 aromatic carbocycles. The highest BCUT2D eigenvalue weighted by molar-refractivity contribution is 8.00. The number of benzene rings is 1. The fraction of sp³-hybridized carbons (Fsp3) is 0.211. The minimum atomic E-state index is -1.21. The SMILES string of the molecule is CSc1ccc(C2C(C(=O)c3ccco3)C(=O)C(=O)N2c2nnc(SC)s2)cc1. The van der Waals surface area contributed by atoms with Crippen molar-refractivity contribution >= 4 is 57.5 Å². The lowest BCUT2D eigenvalue weighted by Gasteiger charge is -2.24. The topological polar surface area (TPSA) is 93.4 Å². The average molecular weight is 446 g/mol. The summed E-state index contributed by atoms with van der Waals surface area (Å²) in [7, 11) is 0. The highest BCUT2D eigenvalue weighted by atomic mass is 32.2. The Morgan fingerprint density at radius 1 is 1.10 bits per heavy atom. The molecule has 148 valence electrons. The quantitative estimate of drug-likeness (QED) is 0.186. The van der Waals surface area contributed by atoms with Crippen LogP contribution in [0.25, 0.3) is 0 Å². The Bertz CT molecular complexity index is 1060. The number of hydrogen-bond donors (Lipinski definition) is 0. The number of thioether (sulfide) groups is 2. The van der Waals surface area contributed by atoms with Crippen LogP contribution in [0, 0.1) is 5.92 Å². The van der Waals surface area contributed by atoms with Crippen molar-refractivity contribution in [1.29, 1.82) is 0 Å². The van der Waals surface area contributed by atoms with Crippen molar-refractivity contribution in [2.45, 2.75) is 15.3 Å². The van der Waals surface area contributed by atoms with Crippen molar-refractivity contribution < 1.29 is 18.8 Å². The van der Waals surface area contributed by atoms with Crippen LogP contribution in [0.4, 0.5) is 5.13 Å². The van der Waals surface area contributed by atoms with Crippen LogP contribution in [0.15, 0.2) is 56.3 Å². The molecule has 1 aliphatic heterocycles. The Morgan fingerprint density at radius 2 is 1.86 bits per heavy atom. The van der Waals surface area contributed by atoms with Crippen LogP contribution >= 0.6 is 34.9 Å². The molecule has 0 aliphatic carbocycles. The Kier molecular flexibility index (Phi) is 5.57. The van der Waals surface area contributed by atoms with Gasteiger partial charge in [-0.25, -0.2) is 0 Å². The third kappa shape index (κ3) is 3.52. The molecule has 2 aromatic heterocycles. The third-order valence-corrected chi connectivity index (χ3v) is 7.23. The number of amides is 1. The van der Waals surface area contributed by atoms with Crippen LogP contribution in [0.1, 0.15) is 22.2 Å². The molecule has 2 atom stereocenters. The number of hydrogen-bond acceptors (Lipinski definition) is 9. The van der Waals surface area contributed by atoms with E-state index in [1.54, 1.807) is 17.8 Å². The number of anilines is 1. The van der Waals surface area contributed by atoms with Crippen molar-refractivity contribution in [3.05, 3.63) is 54.0 Å². The first-order valence-electron chi connectivity index (χ1n) is 8.51.